The molecule has 22 heavy (non-hydrogen) atoms. The first kappa shape index (κ1) is 17.2. The molecule has 0 saturated carbocycles. The van der Waals surface area contributed by atoms with Gasteiger partial charge in [0.1, 0.15) is 19.1 Å². The van der Waals surface area contributed by atoms with Gasteiger partial charge >= 0.3 is 6.03 Å². The van der Waals surface area contributed by atoms with Crippen molar-refractivity contribution in [3.63, 3.8) is 0 Å². The molecule has 0 aromatic carbocycles. The number of nitrogens with zero attached hydrogens (tertiary/aromatic N) is 3. The van der Waals surface area contributed by atoms with Crippen LogP contribution in [0.15, 0.2) is 0 Å². The summed E-state index contributed by atoms with van der Waals surface area (Å²) in [5.74, 6) is -0.839. The normalized spacial score (nSPS) is 30.3. The number of hydrogen-bond acceptors (Lipinski definition) is 5. The Morgan fingerprint density at radius 2 is 2.05 bits per heavy atom. The molecule has 2 atom stereocenters. The maximum atomic E-state index is 12.7. The van der Waals surface area contributed by atoms with Gasteiger partial charge in [-0.2, -0.15) is 0 Å². The van der Waals surface area contributed by atoms with Gasteiger partial charge in [-0.25, -0.2) is 9.28 Å². The van der Waals surface area contributed by atoms with Crippen molar-refractivity contribution in [3.8, 4) is 0 Å². The summed E-state index contributed by atoms with van der Waals surface area (Å²) in [5, 5.41) is 11.3. The number of carboxylic acid groups (broad SMARTS) is 1. The van der Waals surface area contributed by atoms with Gasteiger partial charge in [-0.3, -0.25) is 9.80 Å². The Morgan fingerprint density at radius 3 is 2.55 bits per heavy atom. The standard InChI is InChI=1S/C15H27N3O4/c1-12(2)10-18(7-4-17-5-8-22-9-6-17)11-13(14(19)20)16(3)15(18)21/h12-13H,4-11H2,1-3H3. The number of quaternary nitrogens is 1. The summed E-state index contributed by atoms with van der Waals surface area (Å²) >= 11 is 0. The summed E-state index contributed by atoms with van der Waals surface area (Å²) in [6.07, 6.45) is 0. The van der Waals surface area contributed by atoms with Crippen molar-refractivity contribution in [1.29, 1.82) is 0 Å². The Morgan fingerprint density at radius 1 is 1.41 bits per heavy atom. The van der Waals surface area contributed by atoms with Gasteiger partial charge in [0, 0.05) is 32.6 Å². The Labute approximate surface area is 132 Å². The minimum atomic E-state index is -1.16. The summed E-state index contributed by atoms with van der Waals surface area (Å²) in [7, 11) is 1.57. The summed E-state index contributed by atoms with van der Waals surface area (Å²) in [6, 6.07) is -0.924. The highest BCUT2D eigenvalue weighted by Gasteiger charge is 2.51. The van der Waals surface area contributed by atoms with Crippen LogP contribution in [0, 0.1) is 5.92 Å². The van der Waals surface area contributed by atoms with E-state index in [1.807, 2.05) is 0 Å². The van der Waals surface area contributed by atoms with E-state index in [1.54, 1.807) is 7.05 Å². The minimum Gasteiger partial charge on any atom is -0.548 e. The van der Waals surface area contributed by atoms with Gasteiger partial charge < -0.3 is 14.6 Å². The quantitative estimate of drug-likeness (QED) is 0.587. The maximum absolute atomic E-state index is 12.7. The number of urea groups is 1. The van der Waals surface area contributed by atoms with Gasteiger partial charge in [0.2, 0.25) is 0 Å². The van der Waals surface area contributed by atoms with Gasteiger partial charge in [-0.15, -0.1) is 0 Å². The van der Waals surface area contributed by atoms with Crippen LogP contribution in [-0.2, 0) is 9.53 Å². The molecule has 0 bridgehead atoms. The molecule has 2 heterocycles. The van der Waals surface area contributed by atoms with Crippen molar-refractivity contribution in [2.75, 3.05) is 59.5 Å². The molecular formula is C15H27N3O4. The number of carboxylic acids is 1. The third-order valence-corrected chi connectivity index (χ3v) is 4.63. The van der Waals surface area contributed by atoms with E-state index in [0.717, 1.165) is 32.8 Å². The molecule has 2 unspecified atom stereocenters. The molecule has 7 nitrogen and oxygen atoms in total. The molecule has 2 aliphatic heterocycles. The summed E-state index contributed by atoms with van der Waals surface area (Å²) in [5.41, 5.74) is 0. The van der Waals surface area contributed by atoms with Crippen molar-refractivity contribution < 1.29 is 23.9 Å². The number of carbonyl (C=O) groups is 2. The van der Waals surface area contributed by atoms with Gasteiger partial charge in [0.25, 0.3) is 0 Å². The van der Waals surface area contributed by atoms with Crippen LogP contribution in [0.1, 0.15) is 13.8 Å². The molecule has 0 N–H and O–H groups in total. The molecule has 0 radical (unpaired) electrons. The molecule has 2 aliphatic rings. The van der Waals surface area contributed by atoms with Gasteiger partial charge in [-0.1, -0.05) is 13.8 Å². The Hall–Kier alpha value is -1.18. The number of amides is 2. The molecule has 0 spiro atoms. The molecule has 2 rings (SSSR count). The van der Waals surface area contributed by atoms with Crippen LogP contribution in [-0.4, -0.2) is 91.9 Å². The smallest absolute Gasteiger partial charge is 0.419 e. The van der Waals surface area contributed by atoms with E-state index in [2.05, 4.69) is 18.7 Å². The minimum absolute atomic E-state index is 0.101. The third kappa shape index (κ3) is 3.59. The number of likely N-dealkylation sites (N-methyl/N-ethyl adjacent to an activating group) is 1. The number of rotatable bonds is 6. The van der Waals surface area contributed by atoms with Crippen molar-refractivity contribution in [2.45, 2.75) is 19.9 Å². The Balaban J connectivity index is 2.10. The summed E-state index contributed by atoms with van der Waals surface area (Å²) < 4.78 is 5.55. The zero-order valence-electron chi connectivity index (χ0n) is 13.8. The molecule has 2 amide bonds. The topological polar surface area (TPSA) is 72.9 Å². The number of morpholine rings is 1. The predicted octanol–water partition coefficient (Wildman–Crippen LogP) is -1.02. The van der Waals surface area contributed by atoms with E-state index in [1.165, 1.54) is 4.90 Å². The molecule has 0 aromatic heterocycles. The first-order valence-electron chi connectivity index (χ1n) is 8.00. The van der Waals surface area contributed by atoms with E-state index >= 15 is 0 Å². The average Bonchev–Trinajstić information content (AvgIpc) is 2.71. The lowest BCUT2D eigenvalue weighted by molar-refractivity contribution is -0.845. The van der Waals surface area contributed by atoms with Gasteiger partial charge in [0.15, 0.2) is 0 Å². The number of ether oxygens (including phenoxy) is 1. The van der Waals surface area contributed by atoms with Crippen LogP contribution in [0.4, 0.5) is 4.79 Å². The molecule has 7 heteroatoms. The van der Waals surface area contributed by atoms with E-state index in [-0.39, 0.29) is 10.5 Å². The molecule has 2 saturated heterocycles. The lowest BCUT2D eigenvalue weighted by atomic mass is 10.1. The Bertz CT molecular complexity index is 423. The van der Waals surface area contributed by atoms with Crippen LogP contribution in [0.2, 0.25) is 0 Å². The van der Waals surface area contributed by atoms with E-state index in [4.69, 9.17) is 4.74 Å². The fraction of sp³-hybridized carbons (Fsp3) is 0.867. The maximum Gasteiger partial charge on any atom is 0.419 e. The lowest BCUT2D eigenvalue weighted by Crippen LogP contribution is -2.56. The monoisotopic (exact) mass is 313 g/mol. The summed E-state index contributed by atoms with van der Waals surface area (Å²) in [6.45, 7) is 9.71. The fourth-order valence-electron chi connectivity index (χ4n) is 3.52. The number of aliphatic carboxylic acids is 1. The van der Waals surface area contributed by atoms with Crippen LogP contribution in [0.25, 0.3) is 0 Å². The third-order valence-electron chi connectivity index (χ3n) is 4.63. The number of hydrogen-bond donors (Lipinski definition) is 0. The second kappa shape index (κ2) is 6.93. The predicted molar refractivity (Wildman–Crippen MR) is 78.9 cm³/mol. The SMILES string of the molecule is CC(C)C[N+]1(CCN2CCOCC2)CC(C(=O)[O-])N(C)C1=O. The first-order chi connectivity index (χ1) is 10.4. The first-order valence-corrected chi connectivity index (χ1v) is 8.00. The van der Waals surface area contributed by atoms with Crippen molar-refractivity contribution in [3.05, 3.63) is 0 Å². The largest absolute Gasteiger partial charge is 0.548 e. The zero-order chi connectivity index (χ0) is 16.3. The number of carbonyl (C=O) groups excluding carboxylic acids is 2. The molecule has 0 aliphatic carbocycles. The highest BCUT2D eigenvalue weighted by atomic mass is 16.5. The van der Waals surface area contributed by atoms with E-state index in [9.17, 15) is 14.7 Å². The van der Waals surface area contributed by atoms with Crippen LogP contribution < -0.4 is 5.11 Å². The second-order valence-electron chi connectivity index (χ2n) is 6.81. The van der Waals surface area contributed by atoms with Crippen molar-refractivity contribution in [1.82, 2.24) is 9.80 Å². The lowest BCUT2D eigenvalue weighted by Gasteiger charge is -2.35. The summed E-state index contributed by atoms with van der Waals surface area (Å²) in [4.78, 5) is 27.6. The van der Waals surface area contributed by atoms with E-state index in [0.29, 0.717) is 25.6 Å². The Kier molecular flexibility index (Phi) is 5.41. The fourth-order valence-corrected chi connectivity index (χ4v) is 3.52. The zero-order valence-corrected chi connectivity index (χ0v) is 13.8. The molecular weight excluding hydrogens is 286 g/mol. The van der Waals surface area contributed by atoms with Crippen molar-refractivity contribution >= 4 is 12.0 Å². The molecule has 126 valence electrons. The second-order valence-corrected chi connectivity index (χ2v) is 6.81. The highest BCUT2D eigenvalue weighted by molar-refractivity contribution is 5.81. The van der Waals surface area contributed by atoms with Gasteiger partial charge in [0.05, 0.1) is 25.7 Å². The highest BCUT2D eigenvalue weighted by Crippen LogP contribution is 2.25. The van der Waals surface area contributed by atoms with Crippen LogP contribution in [0.3, 0.4) is 0 Å². The van der Waals surface area contributed by atoms with Crippen molar-refractivity contribution in [2.24, 2.45) is 5.92 Å². The molecule has 0 aromatic rings. The van der Waals surface area contributed by atoms with Crippen LogP contribution in [0.5, 0.6) is 0 Å². The van der Waals surface area contributed by atoms with Gasteiger partial charge in [-0.05, 0) is 0 Å². The van der Waals surface area contributed by atoms with Crippen LogP contribution >= 0.6 is 0 Å². The average molecular weight is 313 g/mol. The molecule has 2 fully saturated rings. The van der Waals surface area contributed by atoms with E-state index < -0.39 is 12.0 Å².